The Balaban J connectivity index is 1.70. The van der Waals surface area contributed by atoms with Crippen LogP contribution in [0.25, 0.3) is 16.7 Å². The molecule has 7 nitrogen and oxygen atoms in total. The van der Waals surface area contributed by atoms with Gasteiger partial charge >= 0.3 is 6.09 Å². The first-order valence-corrected chi connectivity index (χ1v) is 10.1. The average Bonchev–Trinajstić information content (AvgIpc) is 3.13. The van der Waals surface area contributed by atoms with Gasteiger partial charge < -0.3 is 9.64 Å². The molecule has 0 saturated carbocycles. The second kappa shape index (κ2) is 6.73. The summed E-state index contributed by atoms with van der Waals surface area (Å²) in [6.07, 6.45) is 1.22. The number of aryl methyl sites for hydroxylation is 1. The largest absolute Gasteiger partial charge is 0.444 e. The first-order chi connectivity index (χ1) is 14.0. The first kappa shape index (κ1) is 20.2. The predicted octanol–water partition coefficient (Wildman–Crippen LogP) is 4.42. The molecule has 158 valence electrons. The third-order valence-corrected chi connectivity index (χ3v) is 5.84. The Kier molecular flexibility index (Phi) is 4.53. The summed E-state index contributed by atoms with van der Waals surface area (Å²) in [5.41, 5.74) is 3.26. The smallest absolute Gasteiger partial charge is 0.410 e. The summed E-state index contributed by atoms with van der Waals surface area (Å²) in [5.74, 6) is -0.477. The summed E-state index contributed by atoms with van der Waals surface area (Å²) < 4.78 is 21.2. The predicted molar refractivity (Wildman–Crippen MR) is 111 cm³/mol. The number of halogens is 1. The SMILES string of the molecule is Cc1[nH]n2c(nc3cc(F)cc(C#N)c32)c1C1(C)CCN(C(=O)OC(C)(C)C)CC1. The van der Waals surface area contributed by atoms with Crippen LogP contribution in [0.15, 0.2) is 12.1 Å². The number of benzene rings is 1. The van der Waals surface area contributed by atoms with Gasteiger partial charge in [-0.2, -0.15) is 5.26 Å². The minimum atomic E-state index is -0.523. The number of likely N-dealkylation sites (tertiary alicyclic amines) is 1. The van der Waals surface area contributed by atoms with Crippen molar-refractivity contribution >= 4 is 22.8 Å². The highest BCUT2D eigenvalue weighted by Crippen LogP contribution is 2.40. The Morgan fingerprint density at radius 3 is 2.60 bits per heavy atom. The molecule has 30 heavy (non-hydrogen) atoms. The van der Waals surface area contributed by atoms with E-state index in [1.54, 1.807) is 9.42 Å². The number of aromatic nitrogens is 3. The van der Waals surface area contributed by atoms with Crippen molar-refractivity contribution in [2.75, 3.05) is 13.1 Å². The van der Waals surface area contributed by atoms with E-state index in [4.69, 9.17) is 4.74 Å². The maximum Gasteiger partial charge on any atom is 0.410 e. The van der Waals surface area contributed by atoms with Crippen LogP contribution in [-0.2, 0) is 10.2 Å². The second-order valence-electron chi connectivity index (χ2n) is 9.34. The maximum absolute atomic E-state index is 13.9. The molecule has 0 radical (unpaired) electrons. The molecule has 1 fully saturated rings. The van der Waals surface area contributed by atoms with Crippen molar-refractivity contribution in [2.45, 2.75) is 58.5 Å². The third kappa shape index (κ3) is 3.28. The zero-order valence-corrected chi connectivity index (χ0v) is 18.0. The van der Waals surface area contributed by atoms with E-state index in [0.717, 1.165) is 24.1 Å². The average molecular weight is 411 g/mol. The zero-order valence-electron chi connectivity index (χ0n) is 18.0. The van der Waals surface area contributed by atoms with Gasteiger partial charge in [0, 0.05) is 35.8 Å². The number of ether oxygens (including phenoxy) is 1. The number of rotatable bonds is 1. The van der Waals surface area contributed by atoms with Crippen molar-refractivity contribution in [2.24, 2.45) is 0 Å². The number of fused-ring (bicyclic) bond motifs is 3. The van der Waals surface area contributed by atoms with Gasteiger partial charge in [-0.3, -0.25) is 5.10 Å². The minimum absolute atomic E-state index is 0.212. The lowest BCUT2D eigenvalue weighted by molar-refractivity contribution is 0.0172. The number of carbonyl (C=O) groups is 1. The van der Waals surface area contributed by atoms with Gasteiger partial charge in [-0.05, 0) is 46.6 Å². The fraction of sp³-hybridized carbons (Fsp3) is 0.500. The van der Waals surface area contributed by atoms with Crippen molar-refractivity contribution in [3.05, 3.63) is 34.8 Å². The number of amides is 1. The molecule has 0 spiro atoms. The molecular weight excluding hydrogens is 385 g/mol. The highest BCUT2D eigenvalue weighted by molar-refractivity contribution is 5.86. The van der Waals surface area contributed by atoms with Crippen LogP contribution in [0.3, 0.4) is 0 Å². The molecule has 3 aromatic rings. The van der Waals surface area contributed by atoms with E-state index in [9.17, 15) is 14.4 Å². The van der Waals surface area contributed by atoms with E-state index in [1.807, 2.05) is 27.7 Å². The molecule has 1 N–H and O–H groups in total. The molecule has 0 atom stereocenters. The number of imidazole rings is 1. The number of carbonyl (C=O) groups excluding carboxylic acids is 1. The maximum atomic E-state index is 13.9. The van der Waals surface area contributed by atoms with Crippen LogP contribution in [0.4, 0.5) is 9.18 Å². The number of nitriles is 1. The van der Waals surface area contributed by atoms with Gasteiger partial charge in [0.15, 0.2) is 5.65 Å². The summed E-state index contributed by atoms with van der Waals surface area (Å²) in [7, 11) is 0. The number of H-pyrrole nitrogens is 1. The lowest BCUT2D eigenvalue weighted by atomic mass is 9.74. The summed E-state index contributed by atoms with van der Waals surface area (Å²) in [4.78, 5) is 18.8. The Hall–Kier alpha value is -3.08. The summed E-state index contributed by atoms with van der Waals surface area (Å²) >= 11 is 0. The van der Waals surface area contributed by atoms with Gasteiger partial charge in [0.05, 0.1) is 11.1 Å². The number of hydrogen-bond acceptors (Lipinski definition) is 4. The molecule has 1 amide bonds. The van der Waals surface area contributed by atoms with Crippen molar-refractivity contribution < 1.29 is 13.9 Å². The Bertz CT molecular complexity index is 1190. The highest BCUT2D eigenvalue weighted by atomic mass is 19.1. The van der Waals surface area contributed by atoms with Crippen molar-refractivity contribution in [3.8, 4) is 6.07 Å². The summed E-state index contributed by atoms with van der Waals surface area (Å²) in [5, 5.41) is 12.8. The van der Waals surface area contributed by atoms with Crippen LogP contribution in [-0.4, -0.2) is 44.3 Å². The van der Waals surface area contributed by atoms with E-state index in [0.29, 0.717) is 29.8 Å². The van der Waals surface area contributed by atoms with Crippen molar-refractivity contribution in [1.82, 2.24) is 19.5 Å². The van der Waals surface area contributed by atoms with E-state index < -0.39 is 11.4 Å². The molecule has 0 aliphatic carbocycles. The summed E-state index contributed by atoms with van der Waals surface area (Å²) in [6.45, 7) is 10.9. The quantitative estimate of drug-likeness (QED) is 0.642. The molecule has 1 aliphatic heterocycles. The molecule has 2 aromatic heterocycles. The van der Waals surface area contributed by atoms with Crippen molar-refractivity contribution in [3.63, 3.8) is 0 Å². The topological polar surface area (TPSA) is 86.4 Å². The number of nitrogens with one attached hydrogen (secondary N) is 1. The van der Waals surface area contributed by atoms with Crippen LogP contribution in [0.2, 0.25) is 0 Å². The molecule has 3 heterocycles. The van der Waals surface area contributed by atoms with Crippen LogP contribution in [0.1, 0.15) is 57.4 Å². The lowest BCUT2D eigenvalue weighted by Gasteiger charge is -2.39. The van der Waals surface area contributed by atoms with Gasteiger partial charge in [-0.25, -0.2) is 18.7 Å². The molecule has 8 heteroatoms. The number of aromatic amines is 1. The Morgan fingerprint density at radius 2 is 2.00 bits per heavy atom. The number of piperidine rings is 1. The normalized spacial score (nSPS) is 16.8. The minimum Gasteiger partial charge on any atom is -0.444 e. The van der Waals surface area contributed by atoms with Gasteiger partial charge in [-0.15, -0.1) is 0 Å². The molecular formula is C22H26FN5O2. The molecule has 4 rings (SSSR count). The van der Waals surface area contributed by atoms with Crippen molar-refractivity contribution in [1.29, 1.82) is 5.26 Å². The fourth-order valence-corrected chi connectivity index (χ4v) is 4.41. The zero-order chi connectivity index (χ0) is 21.8. The monoisotopic (exact) mass is 411 g/mol. The van der Waals surface area contributed by atoms with Crippen LogP contribution < -0.4 is 0 Å². The van der Waals surface area contributed by atoms with E-state index in [-0.39, 0.29) is 17.1 Å². The number of nitrogens with zero attached hydrogens (tertiary/aromatic N) is 4. The molecule has 0 unspecified atom stereocenters. The van der Waals surface area contributed by atoms with Crippen LogP contribution in [0, 0.1) is 24.1 Å². The van der Waals surface area contributed by atoms with E-state index in [1.165, 1.54) is 12.1 Å². The Labute approximate surface area is 174 Å². The lowest BCUT2D eigenvalue weighted by Crippen LogP contribution is -2.46. The van der Waals surface area contributed by atoms with Gasteiger partial charge in [0.2, 0.25) is 0 Å². The number of hydrogen-bond donors (Lipinski definition) is 1. The standard InChI is InChI=1S/C22H26FN5O2/c1-13-17(22(5)6-8-27(9-7-22)20(29)30-21(2,3)4)19-25-16-11-15(23)10-14(12-24)18(16)28(19)26-13/h10-11,26H,6-9H2,1-5H3. The van der Waals surface area contributed by atoms with Gasteiger partial charge in [0.25, 0.3) is 0 Å². The van der Waals surface area contributed by atoms with Gasteiger partial charge in [-0.1, -0.05) is 6.92 Å². The van der Waals surface area contributed by atoms with E-state index in [2.05, 4.69) is 23.1 Å². The van der Waals surface area contributed by atoms with Crippen LogP contribution in [0.5, 0.6) is 0 Å². The molecule has 0 bridgehead atoms. The van der Waals surface area contributed by atoms with Crippen LogP contribution >= 0.6 is 0 Å². The third-order valence-electron chi connectivity index (χ3n) is 5.84. The Morgan fingerprint density at radius 1 is 1.33 bits per heavy atom. The summed E-state index contributed by atoms with van der Waals surface area (Å²) in [6, 6.07) is 4.64. The first-order valence-electron chi connectivity index (χ1n) is 10.1. The van der Waals surface area contributed by atoms with E-state index >= 15 is 0 Å². The second-order valence-corrected chi connectivity index (χ2v) is 9.34. The molecule has 1 saturated heterocycles. The highest BCUT2D eigenvalue weighted by Gasteiger charge is 2.38. The molecule has 1 aromatic carbocycles. The van der Waals surface area contributed by atoms with Gasteiger partial charge in [0.1, 0.15) is 23.0 Å². The fourth-order valence-electron chi connectivity index (χ4n) is 4.41. The molecule has 1 aliphatic rings.